The second-order valence-corrected chi connectivity index (χ2v) is 8.29. The van der Waals surface area contributed by atoms with E-state index < -0.39 is 0 Å². The third-order valence-electron chi connectivity index (χ3n) is 6.56. The predicted molar refractivity (Wildman–Crippen MR) is 108 cm³/mol. The minimum absolute atomic E-state index is 0.475. The molecule has 0 saturated carbocycles. The van der Waals surface area contributed by atoms with Gasteiger partial charge in [0.05, 0.1) is 7.11 Å². The van der Waals surface area contributed by atoms with Crippen LogP contribution in [0.1, 0.15) is 48.8 Å². The summed E-state index contributed by atoms with van der Waals surface area (Å²) in [6.45, 7) is 8.02. The molecule has 1 saturated heterocycles. The number of hydrogen-bond donors (Lipinski definition) is 1. The van der Waals surface area contributed by atoms with Crippen molar-refractivity contribution in [1.82, 2.24) is 5.32 Å². The first kappa shape index (κ1) is 16.2. The summed E-state index contributed by atoms with van der Waals surface area (Å²) >= 11 is 0. The maximum atomic E-state index is 5.48. The number of benzene rings is 2. The number of methoxy groups -OCH3 is 1. The summed E-state index contributed by atoms with van der Waals surface area (Å²) in [5, 5.41) is 3.62. The highest BCUT2D eigenvalue weighted by Gasteiger charge is 2.43. The lowest BCUT2D eigenvalue weighted by Crippen LogP contribution is -2.43. The van der Waals surface area contributed by atoms with Crippen LogP contribution in [0.4, 0.5) is 5.69 Å². The Balaban J connectivity index is 1.65. The lowest BCUT2D eigenvalue weighted by molar-refractivity contribution is 0.405. The highest BCUT2D eigenvalue weighted by Crippen LogP contribution is 2.50. The van der Waals surface area contributed by atoms with Gasteiger partial charge in [-0.3, -0.25) is 0 Å². The number of ether oxygens (including phenoxy) is 1. The number of nitrogens with one attached hydrogen (secondary N) is 1. The Bertz CT molecular complexity index is 858. The molecular weight excluding hydrogens is 320 g/mol. The van der Waals surface area contributed by atoms with Crippen LogP contribution >= 0.6 is 0 Å². The van der Waals surface area contributed by atoms with Crippen molar-refractivity contribution >= 4 is 5.69 Å². The average molecular weight is 348 g/mol. The van der Waals surface area contributed by atoms with Crippen molar-refractivity contribution in [3.05, 3.63) is 47.0 Å². The molecule has 0 aliphatic carbocycles. The molecule has 3 aliphatic heterocycles. The minimum atomic E-state index is 0.475. The Kier molecular flexibility index (Phi) is 3.75. The smallest absolute Gasteiger partial charge is 0.119 e. The maximum Gasteiger partial charge on any atom is 0.119 e. The van der Waals surface area contributed by atoms with Crippen LogP contribution in [0.5, 0.6) is 5.75 Å². The topological polar surface area (TPSA) is 24.5 Å². The fraction of sp³-hybridized carbons (Fsp3) is 0.478. The standard InChI is InChI=1S/C23H28N2O/c1-14(2)19-12-17(26-3)4-5-18(19)16-10-15-7-9-25-22-6-8-24-13-21(22)20(11-16)23(15)25/h4-5,10-12,14,21-22,24H,6-9,13H2,1-3H3/t21-,22-/m0/s1. The molecule has 0 aromatic heterocycles. The van der Waals surface area contributed by atoms with Gasteiger partial charge in [-0.2, -0.15) is 0 Å². The van der Waals surface area contributed by atoms with E-state index in [2.05, 4.69) is 54.4 Å². The molecule has 5 rings (SSSR count). The number of nitrogens with zero attached hydrogens (tertiary/aromatic N) is 1. The van der Waals surface area contributed by atoms with E-state index in [1.807, 2.05) is 0 Å². The summed E-state index contributed by atoms with van der Waals surface area (Å²) in [6, 6.07) is 12.2. The van der Waals surface area contributed by atoms with E-state index in [9.17, 15) is 0 Å². The van der Waals surface area contributed by atoms with Gasteiger partial charge in [-0.05, 0) is 77.4 Å². The zero-order chi connectivity index (χ0) is 17.8. The SMILES string of the molecule is COc1ccc(-c2cc3c4c(c2)[C@@H]2CNCC[C@@H]2N4CC3)c(C(C)C)c1. The highest BCUT2D eigenvalue weighted by atomic mass is 16.5. The number of piperidine rings is 1. The predicted octanol–water partition coefficient (Wildman–Crippen LogP) is 4.31. The molecule has 3 heteroatoms. The Morgan fingerprint density at radius 3 is 2.88 bits per heavy atom. The van der Waals surface area contributed by atoms with E-state index in [0.717, 1.165) is 18.8 Å². The van der Waals surface area contributed by atoms with Gasteiger partial charge < -0.3 is 15.0 Å². The molecule has 26 heavy (non-hydrogen) atoms. The molecule has 0 spiro atoms. The summed E-state index contributed by atoms with van der Waals surface area (Å²) in [5.74, 6) is 2.08. The van der Waals surface area contributed by atoms with E-state index in [4.69, 9.17) is 4.74 Å². The van der Waals surface area contributed by atoms with Crippen LogP contribution in [0.2, 0.25) is 0 Å². The van der Waals surface area contributed by atoms with Gasteiger partial charge in [0.1, 0.15) is 5.75 Å². The van der Waals surface area contributed by atoms with Crippen molar-refractivity contribution in [2.45, 2.75) is 44.6 Å². The normalized spacial score (nSPS) is 23.3. The van der Waals surface area contributed by atoms with E-state index in [1.54, 1.807) is 23.9 Å². The summed E-state index contributed by atoms with van der Waals surface area (Å²) in [4.78, 5) is 2.71. The Morgan fingerprint density at radius 1 is 1.19 bits per heavy atom. The van der Waals surface area contributed by atoms with Crippen molar-refractivity contribution in [2.75, 3.05) is 31.6 Å². The van der Waals surface area contributed by atoms with Crippen molar-refractivity contribution in [3.63, 3.8) is 0 Å². The molecule has 0 radical (unpaired) electrons. The first-order chi connectivity index (χ1) is 12.7. The molecule has 3 aliphatic rings. The maximum absolute atomic E-state index is 5.48. The number of fused-ring (bicyclic) bond motifs is 3. The van der Waals surface area contributed by atoms with Crippen molar-refractivity contribution in [2.24, 2.45) is 0 Å². The molecule has 0 unspecified atom stereocenters. The van der Waals surface area contributed by atoms with Gasteiger partial charge in [0.15, 0.2) is 0 Å². The monoisotopic (exact) mass is 348 g/mol. The van der Waals surface area contributed by atoms with Crippen LogP contribution in [-0.4, -0.2) is 32.8 Å². The highest BCUT2D eigenvalue weighted by molar-refractivity contribution is 5.79. The lowest BCUT2D eigenvalue weighted by Gasteiger charge is -2.32. The molecule has 2 atom stereocenters. The molecule has 136 valence electrons. The van der Waals surface area contributed by atoms with Crippen LogP contribution in [0.25, 0.3) is 11.1 Å². The van der Waals surface area contributed by atoms with E-state index >= 15 is 0 Å². The Morgan fingerprint density at radius 2 is 2.08 bits per heavy atom. The summed E-state index contributed by atoms with van der Waals surface area (Å²) < 4.78 is 5.48. The Hall–Kier alpha value is -2.00. The minimum Gasteiger partial charge on any atom is -0.497 e. The number of rotatable bonds is 3. The van der Waals surface area contributed by atoms with E-state index in [1.165, 1.54) is 36.1 Å². The molecule has 3 heterocycles. The fourth-order valence-corrected chi connectivity index (χ4v) is 5.33. The summed E-state index contributed by atoms with van der Waals surface area (Å²) in [6.07, 6.45) is 2.47. The summed E-state index contributed by atoms with van der Waals surface area (Å²) in [5.41, 5.74) is 8.83. The Labute approximate surface area is 156 Å². The van der Waals surface area contributed by atoms with Crippen molar-refractivity contribution in [1.29, 1.82) is 0 Å². The van der Waals surface area contributed by atoms with Gasteiger partial charge in [-0.25, -0.2) is 0 Å². The number of hydrogen-bond acceptors (Lipinski definition) is 3. The quantitative estimate of drug-likeness (QED) is 0.895. The largest absolute Gasteiger partial charge is 0.497 e. The van der Waals surface area contributed by atoms with Gasteiger partial charge in [0.25, 0.3) is 0 Å². The molecular formula is C23H28N2O. The third-order valence-corrected chi connectivity index (χ3v) is 6.56. The van der Waals surface area contributed by atoms with Gasteiger partial charge in [0.2, 0.25) is 0 Å². The van der Waals surface area contributed by atoms with Crippen LogP contribution in [0.3, 0.4) is 0 Å². The van der Waals surface area contributed by atoms with Gasteiger partial charge in [-0.1, -0.05) is 19.9 Å². The van der Waals surface area contributed by atoms with Gasteiger partial charge in [0, 0.05) is 30.7 Å². The molecule has 0 amide bonds. The zero-order valence-electron chi connectivity index (χ0n) is 16.0. The van der Waals surface area contributed by atoms with Crippen LogP contribution < -0.4 is 15.0 Å². The molecule has 1 N–H and O–H groups in total. The first-order valence-corrected chi connectivity index (χ1v) is 10.00. The van der Waals surface area contributed by atoms with Crippen LogP contribution in [0, 0.1) is 0 Å². The van der Waals surface area contributed by atoms with Crippen LogP contribution in [-0.2, 0) is 6.42 Å². The second kappa shape index (κ2) is 6.02. The van der Waals surface area contributed by atoms with Crippen molar-refractivity contribution in [3.8, 4) is 16.9 Å². The second-order valence-electron chi connectivity index (χ2n) is 8.29. The van der Waals surface area contributed by atoms with E-state index in [0.29, 0.717) is 17.9 Å². The molecule has 3 nitrogen and oxygen atoms in total. The average Bonchev–Trinajstić information content (AvgIpc) is 3.24. The zero-order valence-corrected chi connectivity index (χ0v) is 16.0. The van der Waals surface area contributed by atoms with Gasteiger partial charge >= 0.3 is 0 Å². The number of anilines is 1. The molecule has 0 bridgehead atoms. The molecule has 2 aromatic carbocycles. The fourth-order valence-electron chi connectivity index (χ4n) is 5.33. The first-order valence-electron chi connectivity index (χ1n) is 10.00. The van der Waals surface area contributed by atoms with E-state index in [-0.39, 0.29) is 0 Å². The lowest BCUT2D eigenvalue weighted by atomic mass is 9.85. The van der Waals surface area contributed by atoms with Gasteiger partial charge in [-0.15, -0.1) is 0 Å². The third kappa shape index (κ3) is 2.30. The summed E-state index contributed by atoms with van der Waals surface area (Å²) in [7, 11) is 1.75. The van der Waals surface area contributed by atoms with Crippen molar-refractivity contribution < 1.29 is 4.74 Å². The molecule has 1 fully saturated rings. The van der Waals surface area contributed by atoms with Crippen LogP contribution in [0.15, 0.2) is 30.3 Å². The molecule has 2 aromatic rings.